The fourth-order valence-electron chi connectivity index (χ4n) is 6.61. The Morgan fingerprint density at radius 1 is 0.536 bits per heavy atom. The molecule has 2 atom stereocenters. The lowest BCUT2D eigenvalue weighted by molar-refractivity contribution is -0.870. The molecule has 1 unspecified atom stereocenters. The first-order valence-electron chi connectivity index (χ1n) is 23.4. The number of allylic oxidation sites excluding steroid dienone is 2. The molecule has 0 fully saturated rings. The van der Waals surface area contributed by atoms with Crippen LogP contribution in [-0.4, -0.2) is 74.9 Å². The molecule has 0 amide bonds. The maximum absolute atomic E-state index is 12.6. The van der Waals surface area contributed by atoms with Crippen LogP contribution >= 0.6 is 7.82 Å². The van der Waals surface area contributed by atoms with Crippen LogP contribution in [0, 0.1) is 0 Å². The van der Waals surface area contributed by atoms with E-state index in [9.17, 15) is 19.0 Å². The van der Waals surface area contributed by atoms with Gasteiger partial charge in [0, 0.05) is 12.8 Å². The molecule has 0 bridgehead atoms. The van der Waals surface area contributed by atoms with E-state index < -0.39 is 32.5 Å². The average molecular weight is 817 g/mol. The topological polar surface area (TPSA) is 108 Å². The average Bonchev–Trinajstić information content (AvgIpc) is 3.15. The first kappa shape index (κ1) is 54.8. The number of quaternary nitrogens is 1. The van der Waals surface area contributed by atoms with Gasteiger partial charge in [-0.25, -0.2) is 4.57 Å². The van der Waals surface area contributed by atoms with Gasteiger partial charge in [0.25, 0.3) is 0 Å². The fourth-order valence-corrected chi connectivity index (χ4v) is 7.35. The number of rotatable bonds is 43. The van der Waals surface area contributed by atoms with E-state index in [1.807, 2.05) is 21.1 Å². The third kappa shape index (κ3) is 42.4. The second-order valence-electron chi connectivity index (χ2n) is 17.1. The van der Waals surface area contributed by atoms with E-state index in [1.54, 1.807) is 0 Å². The number of hydrogen-bond donors (Lipinski definition) is 1. The minimum absolute atomic E-state index is 0.0311. The summed E-state index contributed by atoms with van der Waals surface area (Å²) >= 11 is 0. The second kappa shape index (κ2) is 39.2. The van der Waals surface area contributed by atoms with E-state index in [-0.39, 0.29) is 26.1 Å². The lowest BCUT2D eigenvalue weighted by Crippen LogP contribution is -2.37. The van der Waals surface area contributed by atoms with Crippen molar-refractivity contribution in [3.05, 3.63) is 12.2 Å². The van der Waals surface area contributed by atoms with Crippen molar-refractivity contribution in [2.24, 2.45) is 0 Å². The highest BCUT2D eigenvalue weighted by Crippen LogP contribution is 2.43. The largest absolute Gasteiger partial charge is 0.472 e. The number of hydrogen-bond acceptors (Lipinski definition) is 7. The molecular weight excluding hydrogens is 725 g/mol. The first-order chi connectivity index (χ1) is 27.0. The fraction of sp³-hybridized carbons (Fsp3) is 0.913. The monoisotopic (exact) mass is 817 g/mol. The second-order valence-corrected chi connectivity index (χ2v) is 18.6. The van der Waals surface area contributed by atoms with Crippen LogP contribution in [-0.2, 0) is 32.7 Å². The summed E-state index contributed by atoms with van der Waals surface area (Å²) < 4.78 is 34.2. The summed E-state index contributed by atoms with van der Waals surface area (Å²) in [5, 5.41) is 0. The Kier molecular flexibility index (Phi) is 38.3. The molecule has 56 heavy (non-hydrogen) atoms. The molecule has 0 heterocycles. The predicted octanol–water partition coefficient (Wildman–Crippen LogP) is 13.4. The van der Waals surface area contributed by atoms with Gasteiger partial charge < -0.3 is 18.9 Å². The number of likely N-dealkylation sites (N-methyl/N-ethyl adjacent to an activating group) is 1. The van der Waals surface area contributed by atoms with E-state index in [4.69, 9.17) is 18.5 Å². The smallest absolute Gasteiger partial charge is 0.462 e. The molecule has 332 valence electrons. The molecule has 0 aliphatic heterocycles. The maximum atomic E-state index is 12.6. The Bertz CT molecular complexity index is 969. The van der Waals surface area contributed by atoms with Gasteiger partial charge >= 0.3 is 19.8 Å². The number of phosphoric ester groups is 1. The normalized spacial score (nSPS) is 13.6. The number of esters is 2. The van der Waals surface area contributed by atoms with Gasteiger partial charge in [-0.05, 0) is 32.1 Å². The zero-order valence-corrected chi connectivity index (χ0v) is 38.3. The van der Waals surface area contributed by atoms with Crippen molar-refractivity contribution in [1.82, 2.24) is 0 Å². The summed E-state index contributed by atoms with van der Waals surface area (Å²) in [5.41, 5.74) is 0. The Hall–Kier alpha value is -1.25. The van der Waals surface area contributed by atoms with Crippen molar-refractivity contribution in [2.75, 3.05) is 47.5 Å². The highest BCUT2D eigenvalue weighted by atomic mass is 31.2. The standard InChI is InChI=1S/C46H90NO8P/c1-6-8-10-12-14-16-17-18-19-20-21-22-23-24-25-26-27-28-29-31-32-34-36-38-45(48)52-42-44(43-54-56(50,51)53-41-40-47(3,4)5)55-46(49)39-37-35-33-30-15-13-11-9-7-2/h31-32,44H,6-30,33-43H2,1-5H3/p+1/b32-31+/t44-/m0/s1. The number of ether oxygens (including phenoxy) is 2. The molecule has 9 nitrogen and oxygen atoms in total. The number of carbonyl (C=O) groups is 2. The van der Waals surface area contributed by atoms with Crippen molar-refractivity contribution in [3.63, 3.8) is 0 Å². The van der Waals surface area contributed by atoms with Gasteiger partial charge in [0.1, 0.15) is 19.8 Å². The predicted molar refractivity (Wildman–Crippen MR) is 234 cm³/mol. The number of phosphoric acid groups is 1. The number of nitrogens with zero attached hydrogens (tertiary/aromatic N) is 1. The van der Waals surface area contributed by atoms with Gasteiger partial charge in [-0.1, -0.05) is 187 Å². The van der Waals surface area contributed by atoms with Crippen molar-refractivity contribution in [2.45, 2.75) is 225 Å². The van der Waals surface area contributed by atoms with Gasteiger partial charge in [0.05, 0.1) is 27.7 Å². The zero-order valence-electron chi connectivity index (χ0n) is 37.4. The third-order valence-electron chi connectivity index (χ3n) is 10.3. The number of unbranched alkanes of at least 4 members (excludes halogenated alkanes) is 27. The van der Waals surface area contributed by atoms with Crippen molar-refractivity contribution in [3.8, 4) is 0 Å². The van der Waals surface area contributed by atoms with Crippen LogP contribution < -0.4 is 0 Å². The lowest BCUT2D eigenvalue weighted by atomic mass is 10.0. The Labute approximate surface area is 346 Å². The molecule has 10 heteroatoms. The molecule has 0 aliphatic carbocycles. The van der Waals surface area contributed by atoms with E-state index in [0.29, 0.717) is 23.9 Å². The molecule has 0 aromatic heterocycles. The minimum Gasteiger partial charge on any atom is -0.462 e. The Balaban J connectivity index is 4.15. The van der Waals surface area contributed by atoms with Crippen LogP contribution in [0.3, 0.4) is 0 Å². The molecule has 0 aromatic carbocycles. The summed E-state index contributed by atoms with van der Waals surface area (Å²) in [6.07, 6.45) is 41.5. The minimum atomic E-state index is -4.37. The highest BCUT2D eigenvalue weighted by Gasteiger charge is 2.27. The van der Waals surface area contributed by atoms with Crippen LogP contribution in [0.1, 0.15) is 219 Å². The van der Waals surface area contributed by atoms with E-state index in [2.05, 4.69) is 26.0 Å². The quantitative estimate of drug-likeness (QED) is 0.0213. The van der Waals surface area contributed by atoms with Crippen molar-refractivity contribution < 1.29 is 42.1 Å². The molecule has 0 rings (SSSR count). The van der Waals surface area contributed by atoms with Crippen LogP contribution in [0.4, 0.5) is 0 Å². The van der Waals surface area contributed by atoms with Crippen molar-refractivity contribution in [1.29, 1.82) is 0 Å². The molecular formula is C46H91NO8P+. The van der Waals surface area contributed by atoms with E-state index >= 15 is 0 Å². The molecule has 0 aromatic rings. The van der Waals surface area contributed by atoms with Gasteiger partial charge in [0.15, 0.2) is 6.10 Å². The van der Waals surface area contributed by atoms with Crippen molar-refractivity contribution >= 4 is 19.8 Å². The van der Waals surface area contributed by atoms with Crippen LogP contribution in [0.2, 0.25) is 0 Å². The summed E-state index contributed by atoms with van der Waals surface area (Å²) in [4.78, 5) is 35.2. The molecule has 0 spiro atoms. The summed E-state index contributed by atoms with van der Waals surface area (Å²) in [6, 6.07) is 0. The van der Waals surface area contributed by atoms with Gasteiger partial charge in [-0.15, -0.1) is 0 Å². The highest BCUT2D eigenvalue weighted by molar-refractivity contribution is 7.47. The lowest BCUT2D eigenvalue weighted by Gasteiger charge is -2.24. The molecule has 1 N–H and O–H groups in total. The molecule has 0 aliphatic rings. The van der Waals surface area contributed by atoms with Crippen LogP contribution in [0.15, 0.2) is 12.2 Å². The SMILES string of the molecule is CCCCCCCCCCCCCCCCCCCC/C=C/CCCC(=O)OC[C@@H](COP(=O)(O)OCC[N+](C)(C)C)OC(=O)CCCCCCCCCCC. The summed E-state index contributed by atoms with van der Waals surface area (Å²) in [7, 11) is 1.47. The van der Waals surface area contributed by atoms with Crippen LogP contribution in [0.25, 0.3) is 0 Å². The van der Waals surface area contributed by atoms with Gasteiger partial charge in [0.2, 0.25) is 0 Å². The van der Waals surface area contributed by atoms with Crippen LogP contribution in [0.5, 0.6) is 0 Å². The Morgan fingerprint density at radius 3 is 1.38 bits per heavy atom. The first-order valence-corrected chi connectivity index (χ1v) is 24.9. The number of carbonyl (C=O) groups excluding carboxylic acids is 2. The Morgan fingerprint density at radius 2 is 0.929 bits per heavy atom. The van der Waals surface area contributed by atoms with E-state index in [0.717, 1.165) is 25.7 Å². The maximum Gasteiger partial charge on any atom is 0.472 e. The molecule has 0 saturated carbocycles. The van der Waals surface area contributed by atoms with E-state index in [1.165, 1.54) is 154 Å². The molecule has 0 radical (unpaired) electrons. The molecule has 0 saturated heterocycles. The third-order valence-corrected chi connectivity index (χ3v) is 11.3. The zero-order chi connectivity index (χ0) is 41.4. The van der Waals surface area contributed by atoms with Gasteiger partial charge in [-0.3, -0.25) is 18.6 Å². The van der Waals surface area contributed by atoms with Gasteiger partial charge in [-0.2, -0.15) is 0 Å². The summed E-state index contributed by atoms with van der Waals surface area (Å²) in [5.74, 6) is -0.829. The summed E-state index contributed by atoms with van der Waals surface area (Å²) in [6.45, 7) is 4.39.